The number of rotatable bonds is 0. The van der Waals surface area contributed by atoms with Gasteiger partial charge >= 0.3 is 0 Å². The lowest BCUT2D eigenvalue weighted by Gasteiger charge is -2.27. The average molecular weight is 129 g/mol. The molecule has 0 aromatic carbocycles. The predicted molar refractivity (Wildman–Crippen MR) is 33.0 cm³/mol. The second-order valence-electron chi connectivity index (χ2n) is 2.64. The number of nitrogens with two attached hydrogens (primary N) is 1. The van der Waals surface area contributed by atoms with Crippen LogP contribution in [0.5, 0.6) is 0 Å². The third kappa shape index (κ3) is 1.28. The van der Waals surface area contributed by atoms with E-state index in [1.807, 2.05) is 0 Å². The Morgan fingerprint density at radius 2 is 2.44 bits per heavy atom. The molecule has 0 radical (unpaired) electrons. The van der Waals surface area contributed by atoms with Crippen molar-refractivity contribution in [3.05, 3.63) is 0 Å². The van der Waals surface area contributed by atoms with Gasteiger partial charge in [-0.25, -0.2) is 0 Å². The molecule has 1 rings (SSSR count). The summed E-state index contributed by atoms with van der Waals surface area (Å²) in [6.07, 6.45) is 0.465. The van der Waals surface area contributed by atoms with Gasteiger partial charge in [-0.2, -0.15) is 0 Å². The third-order valence-corrected chi connectivity index (χ3v) is 1.51. The van der Waals surface area contributed by atoms with Crippen LogP contribution in [0, 0.1) is 0 Å². The fourth-order valence-corrected chi connectivity index (χ4v) is 0.815. The van der Waals surface area contributed by atoms with Crippen molar-refractivity contribution in [1.29, 1.82) is 0 Å². The molecule has 1 saturated heterocycles. The summed E-state index contributed by atoms with van der Waals surface area (Å²) in [6.45, 7) is 2.60. The second-order valence-corrected chi connectivity index (χ2v) is 2.64. The fraction of sp³-hybridized carbons (Fsp3) is 0.833. The number of Topliss-reactive ketones (excluding diaryl/α,β-unsaturated/α-hetero) is 1. The Hall–Kier alpha value is -0.410. The average Bonchev–Trinajstić information content (AvgIpc) is 1.77. The first-order valence-corrected chi connectivity index (χ1v) is 3.03. The highest BCUT2D eigenvalue weighted by atomic mass is 16.5. The lowest BCUT2D eigenvalue weighted by atomic mass is 9.95. The highest BCUT2D eigenvalue weighted by Gasteiger charge is 2.31. The molecule has 1 aliphatic heterocycles. The van der Waals surface area contributed by atoms with E-state index in [2.05, 4.69) is 0 Å². The molecule has 52 valence electrons. The van der Waals surface area contributed by atoms with E-state index in [4.69, 9.17) is 10.5 Å². The molecule has 1 unspecified atom stereocenters. The quantitative estimate of drug-likeness (QED) is 0.488. The molecule has 1 heterocycles. The summed E-state index contributed by atoms with van der Waals surface area (Å²) in [5.41, 5.74) is 4.82. The maximum Gasteiger partial charge on any atom is 0.157 e. The van der Waals surface area contributed by atoms with Crippen molar-refractivity contribution in [2.75, 3.05) is 13.2 Å². The minimum atomic E-state index is -0.724. The van der Waals surface area contributed by atoms with Gasteiger partial charge in [-0.05, 0) is 6.92 Å². The minimum Gasteiger partial charge on any atom is -0.379 e. The standard InChI is InChI=1S/C6H11NO2/c1-6(7)4-9-3-2-5(6)8/h2-4,7H2,1H3. The molecule has 0 aromatic heterocycles. The SMILES string of the molecule is CC1(N)COCCC1=O. The molecular formula is C6H11NO2. The van der Waals surface area contributed by atoms with Gasteiger partial charge in [0.05, 0.1) is 18.8 Å². The Morgan fingerprint density at radius 1 is 1.78 bits per heavy atom. The molecule has 0 amide bonds. The molecule has 0 aliphatic carbocycles. The number of hydrogen-bond donors (Lipinski definition) is 1. The molecule has 0 bridgehead atoms. The van der Waals surface area contributed by atoms with E-state index in [1.54, 1.807) is 6.92 Å². The van der Waals surface area contributed by atoms with Crippen LogP contribution in [0.2, 0.25) is 0 Å². The smallest absolute Gasteiger partial charge is 0.157 e. The van der Waals surface area contributed by atoms with Gasteiger partial charge in [0.2, 0.25) is 0 Å². The van der Waals surface area contributed by atoms with Crippen LogP contribution in [-0.4, -0.2) is 24.5 Å². The summed E-state index contributed by atoms with van der Waals surface area (Å²) in [6, 6.07) is 0. The first kappa shape index (κ1) is 6.71. The Kier molecular flexibility index (Phi) is 1.55. The third-order valence-electron chi connectivity index (χ3n) is 1.51. The van der Waals surface area contributed by atoms with Gasteiger partial charge < -0.3 is 10.5 Å². The number of ether oxygens (including phenoxy) is 1. The molecule has 0 saturated carbocycles. The van der Waals surface area contributed by atoms with E-state index >= 15 is 0 Å². The van der Waals surface area contributed by atoms with Crippen LogP contribution >= 0.6 is 0 Å². The van der Waals surface area contributed by atoms with Crippen LogP contribution in [0.1, 0.15) is 13.3 Å². The van der Waals surface area contributed by atoms with E-state index in [-0.39, 0.29) is 5.78 Å². The van der Waals surface area contributed by atoms with Crippen molar-refractivity contribution >= 4 is 5.78 Å². The van der Waals surface area contributed by atoms with Crippen molar-refractivity contribution in [2.24, 2.45) is 5.73 Å². The maximum absolute atomic E-state index is 10.9. The predicted octanol–water partition coefficient (Wildman–Crippen LogP) is -0.307. The largest absolute Gasteiger partial charge is 0.379 e. The topological polar surface area (TPSA) is 52.3 Å². The number of carbonyl (C=O) groups excluding carboxylic acids is 1. The Labute approximate surface area is 54.2 Å². The molecule has 0 aromatic rings. The first-order chi connectivity index (χ1) is 4.13. The van der Waals surface area contributed by atoms with Crippen molar-refractivity contribution in [3.8, 4) is 0 Å². The van der Waals surface area contributed by atoms with Crippen molar-refractivity contribution in [2.45, 2.75) is 18.9 Å². The summed E-state index contributed by atoms with van der Waals surface area (Å²) in [7, 11) is 0. The monoisotopic (exact) mass is 129 g/mol. The van der Waals surface area contributed by atoms with Gasteiger partial charge in [-0.3, -0.25) is 4.79 Å². The van der Waals surface area contributed by atoms with Gasteiger partial charge in [0.25, 0.3) is 0 Å². The van der Waals surface area contributed by atoms with Gasteiger partial charge in [0, 0.05) is 6.42 Å². The van der Waals surface area contributed by atoms with Crippen molar-refractivity contribution < 1.29 is 9.53 Å². The molecule has 3 heteroatoms. The van der Waals surface area contributed by atoms with Gasteiger partial charge in [0.1, 0.15) is 0 Å². The first-order valence-electron chi connectivity index (χ1n) is 3.03. The van der Waals surface area contributed by atoms with Gasteiger partial charge in [0.15, 0.2) is 5.78 Å². The highest BCUT2D eigenvalue weighted by Crippen LogP contribution is 2.10. The van der Waals surface area contributed by atoms with Crippen LogP contribution in [-0.2, 0) is 9.53 Å². The summed E-state index contributed by atoms with van der Waals surface area (Å²) in [5.74, 6) is 0.105. The molecule has 9 heavy (non-hydrogen) atoms. The maximum atomic E-state index is 10.9. The molecule has 0 spiro atoms. The van der Waals surface area contributed by atoms with E-state index in [0.717, 1.165) is 0 Å². The molecule has 3 nitrogen and oxygen atoms in total. The Balaban J connectivity index is 2.60. The number of carbonyl (C=O) groups is 1. The fourth-order valence-electron chi connectivity index (χ4n) is 0.815. The second kappa shape index (κ2) is 2.08. The van der Waals surface area contributed by atoms with Crippen LogP contribution in [0.25, 0.3) is 0 Å². The zero-order valence-electron chi connectivity index (χ0n) is 5.52. The van der Waals surface area contributed by atoms with E-state index in [9.17, 15) is 4.79 Å². The summed E-state index contributed by atoms with van der Waals surface area (Å²) in [5, 5.41) is 0. The van der Waals surface area contributed by atoms with Crippen molar-refractivity contribution in [1.82, 2.24) is 0 Å². The van der Waals surface area contributed by atoms with Crippen LogP contribution in [0.15, 0.2) is 0 Å². The van der Waals surface area contributed by atoms with Crippen molar-refractivity contribution in [3.63, 3.8) is 0 Å². The van der Waals surface area contributed by atoms with Crippen LogP contribution < -0.4 is 5.73 Å². The summed E-state index contributed by atoms with van der Waals surface area (Å²) < 4.78 is 5.01. The summed E-state index contributed by atoms with van der Waals surface area (Å²) >= 11 is 0. The normalized spacial score (nSPS) is 36.9. The lowest BCUT2D eigenvalue weighted by molar-refractivity contribution is -0.131. The van der Waals surface area contributed by atoms with E-state index < -0.39 is 5.54 Å². The highest BCUT2D eigenvalue weighted by molar-refractivity contribution is 5.88. The molecule has 1 fully saturated rings. The summed E-state index contributed by atoms with van der Waals surface area (Å²) in [4.78, 5) is 10.9. The number of ketones is 1. The zero-order chi connectivity index (χ0) is 6.91. The molecule has 1 aliphatic rings. The van der Waals surface area contributed by atoms with E-state index in [1.165, 1.54) is 0 Å². The minimum absolute atomic E-state index is 0.105. The Morgan fingerprint density at radius 3 is 2.78 bits per heavy atom. The zero-order valence-corrected chi connectivity index (χ0v) is 5.52. The molecule has 2 N–H and O–H groups in total. The van der Waals surface area contributed by atoms with E-state index in [0.29, 0.717) is 19.6 Å². The molecular weight excluding hydrogens is 118 g/mol. The Bertz CT molecular complexity index is 131. The molecule has 1 atom stereocenters. The lowest BCUT2D eigenvalue weighted by Crippen LogP contribution is -2.52. The number of hydrogen-bond acceptors (Lipinski definition) is 3. The van der Waals surface area contributed by atoms with Gasteiger partial charge in [-0.1, -0.05) is 0 Å². The van der Waals surface area contributed by atoms with Crippen LogP contribution in [0.4, 0.5) is 0 Å². The van der Waals surface area contributed by atoms with Gasteiger partial charge in [-0.15, -0.1) is 0 Å². The van der Waals surface area contributed by atoms with Crippen LogP contribution in [0.3, 0.4) is 0 Å².